The summed E-state index contributed by atoms with van der Waals surface area (Å²) in [6.07, 6.45) is 0.941. The lowest BCUT2D eigenvalue weighted by molar-refractivity contribution is -0.174. The molecule has 0 aliphatic carbocycles. The highest BCUT2D eigenvalue weighted by atomic mass is 16.7. The van der Waals surface area contributed by atoms with Crippen molar-refractivity contribution >= 4 is 5.97 Å². The van der Waals surface area contributed by atoms with Gasteiger partial charge in [0.05, 0.1) is 6.61 Å². The highest BCUT2D eigenvalue weighted by Crippen LogP contribution is 1.96. The van der Waals surface area contributed by atoms with Crippen LogP contribution in [-0.4, -0.2) is 18.9 Å². The standard InChI is InChI=1S/C8H16O3/c1-4-6-10-7(3)11-8(9)5-2/h7H,4-6H2,1-3H3. The highest BCUT2D eigenvalue weighted by Gasteiger charge is 2.05. The maximum atomic E-state index is 10.7. The maximum absolute atomic E-state index is 10.7. The molecule has 0 spiro atoms. The molecule has 0 amide bonds. The largest absolute Gasteiger partial charge is 0.436 e. The molecule has 0 fully saturated rings. The van der Waals surface area contributed by atoms with Crippen molar-refractivity contribution in [3.05, 3.63) is 0 Å². The van der Waals surface area contributed by atoms with Gasteiger partial charge in [0, 0.05) is 6.42 Å². The summed E-state index contributed by atoms with van der Waals surface area (Å²) in [7, 11) is 0. The summed E-state index contributed by atoms with van der Waals surface area (Å²) in [6.45, 7) is 6.13. The van der Waals surface area contributed by atoms with Crippen LogP contribution in [0.1, 0.15) is 33.6 Å². The van der Waals surface area contributed by atoms with Crippen LogP contribution < -0.4 is 0 Å². The van der Waals surface area contributed by atoms with E-state index in [-0.39, 0.29) is 5.97 Å². The van der Waals surface area contributed by atoms with Gasteiger partial charge in [0.1, 0.15) is 0 Å². The Morgan fingerprint density at radius 3 is 2.55 bits per heavy atom. The minimum Gasteiger partial charge on any atom is -0.436 e. The molecule has 66 valence electrons. The van der Waals surface area contributed by atoms with E-state index in [1.807, 2.05) is 6.92 Å². The van der Waals surface area contributed by atoms with Crippen molar-refractivity contribution in [1.29, 1.82) is 0 Å². The van der Waals surface area contributed by atoms with Crippen LogP contribution in [0.5, 0.6) is 0 Å². The second kappa shape index (κ2) is 6.16. The van der Waals surface area contributed by atoms with Gasteiger partial charge < -0.3 is 9.47 Å². The summed E-state index contributed by atoms with van der Waals surface area (Å²) in [6, 6.07) is 0. The first-order chi connectivity index (χ1) is 5.20. The maximum Gasteiger partial charge on any atom is 0.307 e. The molecule has 1 unspecified atom stereocenters. The molecular formula is C8H16O3. The smallest absolute Gasteiger partial charge is 0.307 e. The summed E-state index contributed by atoms with van der Waals surface area (Å²) < 4.78 is 9.96. The van der Waals surface area contributed by atoms with Crippen LogP contribution in [0, 0.1) is 0 Å². The van der Waals surface area contributed by atoms with E-state index in [1.54, 1.807) is 13.8 Å². The monoisotopic (exact) mass is 160 g/mol. The van der Waals surface area contributed by atoms with Gasteiger partial charge in [0.25, 0.3) is 0 Å². The summed E-state index contributed by atoms with van der Waals surface area (Å²) in [5.41, 5.74) is 0. The third-order valence-electron chi connectivity index (χ3n) is 1.14. The molecule has 11 heavy (non-hydrogen) atoms. The Kier molecular flexibility index (Phi) is 5.84. The average molecular weight is 160 g/mol. The van der Waals surface area contributed by atoms with Crippen LogP contribution in [0.2, 0.25) is 0 Å². The lowest BCUT2D eigenvalue weighted by atomic mass is 10.5. The van der Waals surface area contributed by atoms with E-state index in [0.29, 0.717) is 13.0 Å². The van der Waals surface area contributed by atoms with Crippen LogP contribution in [0.3, 0.4) is 0 Å². The fourth-order valence-corrected chi connectivity index (χ4v) is 0.586. The van der Waals surface area contributed by atoms with E-state index in [2.05, 4.69) is 0 Å². The molecule has 0 aliphatic rings. The Hall–Kier alpha value is -0.570. The molecule has 3 nitrogen and oxygen atoms in total. The number of hydrogen-bond acceptors (Lipinski definition) is 3. The van der Waals surface area contributed by atoms with Crippen molar-refractivity contribution in [2.24, 2.45) is 0 Å². The molecular weight excluding hydrogens is 144 g/mol. The number of carbonyl (C=O) groups excluding carboxylic acids is 1. The van der Waals surface area contributed by atoms with Crippen LogP contribution >= 0.6 is 0 Å². The molecule has 0 bridgehead atoms. The molecule has 0 aromatic rings. The van der Waals surface area contributed by atoms with Crippen LogP contribution in [0.4, 0.5) is 0 Å². The summed E-state index contributed by atoms with van der Waals surface area (Å²) in [5.74, 6) is -0.214. The van der Waals surface area contributed by atoms with Crippen molar-refractivity contribution in [2.45, 2.75) is 39.9 Å². The van der Waals surface area contributed by atoms with E-state index in [0.717, 1.165) is 6.42 Å². The van der Waals surface area contributed by atoms with Crippen molar-refractivity contribution < 1.29 is 14.3 Å². The van der Waals surface area contributed by atoms with Crippen LogP contribution in [0.25, 0.3) is 0 Å². The highest BCUT2D eigenvalue weighted by molar-refractivity contribution is 5.68. The minimum absolute atomic E-state index is 0.214. The molecule has 1 atom stereocenters. The van der Waals surface area contributed by atoms with E-state index < -0.39 is 6.29 Å². The molecule has 0 aromatic carbocycles. The minimum atomic E-state index is -0.401. The SMILES string of the molecule is CCCOC(C)OC(=O)CC. The lowest BCUT2D eigenvalue weighted by Gasteiger charge is -2.12. The second-order valence-electron chi connectivity index (χ2n) is 2.28. The first-order valence-electron chi connectivity index (χ1n) is 4.01. The quantitative estimate of drug-likeness (QED) is 0.453. The zero-order chi connectivity index (χ0) is 8.69. The Balaban J connectivity index is 3.35. The van der Waals surface area contributed by atoms with E-state index in [1.165, 1.54) is 0 Å². The number of carbonyl (C=O) groups is 1. The molecule has 0 saturated carbocycles. The zero-order valence-corrected chi connectivity index (χ0v) is 7.42. The van der Waals surface area contributed by atoms with E-state index >= 15 is 0 Å². The van der Waals surface area contributed by atoms with Gasteiger partial charge in [-0.15, -0.1) is 0 Å². The summed E-state index contributed by atoms with van der Waals surface area (Å²) >= 11 is 0. The molecule has 0 radical (unpaired) electrons. The van der Waals surface area contributed by atoms with Crippen LogP contribution in [0.15, 0.2) is 0 Å². The molecule has 0 heterocycles. The molecule has 0 aromatic heterocycles. The fraction of sp³-hybridized carbons (Fsp3) is 0.875. The molecule has 0 aliphatic heterocycles. The van der Waals surface area contributed by atoms with Crippen molar-refractivity contribution in [3.8, 4) is 0 Å². The fourth-order valence-electron chi connectivity index (χ4n) is 0.586. The Labute approximate surface area is 67.7 Å². The second-order valence-corrected chi connectivity index (χ2v) is 2.28. The van der Waals surface area contributed by atoms with Crippen LogP contribution in [-0.2, 0) is 14.3 Å². The van der Waals surface area contributed by atoms with Crippen molar-refractivity contribution in [1.82, 2.24) is 0 Å². The van der Waals surface area contributed by atoms with Crippen molar-refractivity contribution in [2.75, 3.05) is 6.61 Å². The Bertz CT molecular complexity index is 112. The van der Waals surface area contributed by atoms with Gasteiger partial charge in [0.15, 0.2) is 6.29 Å². The predicted molar refractivity (Wildman–Crippen MR) is 42.1 cm³/mol. The van der Waals surface area contributed by atoms with Gasteiger partial charge in [-0.2, -0.15) is 0 Å². The summed E-state index contributed by atoms with van der Waals surface area (Å²) in [5, 5.41) is 0. The first kappa shape index (κ1) is 10.4. The number of rotatable bonds is 5. The van der Waals surface area contributed by atoms with Gasteiger partial charge in [-0.1, -0.05) is 13.8 Å². The Morgan fingerprint density at radius 2 is 2.09 bits per heavy atom. The predicted octanol–water partition coefficient (Wildman–Crippen LogP) is 1.71. The molecule has 0 rings (SSSR count). The van der Waals surface area contributed by atoms with E-state index in [4.69, 9.17) is 9.47 Å². The van der Waals surface area contributed by atoms with Crippen molar-refractivity contribution in [3.63, 3.8) is 0 Å². The number of ether oxygens (including phenoxy) is 2. The van der Waals surface area contributed by atoms with Gasteiger partial charge in [0.2, 0.25) is 0 Å². The number of hydrogen-bond donors (Lipinski definition) is 0. The molecule has 0 saturated heterocycles. The van der Waals surface area contributed by atoms with Gasteiger partial charge in [-0.05, 0) is 13.3 Å². The van der Waals surface area contributed by atoms with E-state index in [9.17, 15) is 4.79 Å². The topological polar surface area (TPSA) is 35.5 Å². The third-order valence-corrected chi connectivity index (χ3v) is 1.14. The average Bonchev–Trinajstić information content (AvgIpc) is 2.00. The normalized spacial score (nSPS) is 12.6. The third kappa shape index (κ3) is 5.85. The molecule has 0 N–H and O–H groups in total. The number of esters is 1. The van der Waals surface area contributed by atoms with Gasteiger partial charge >= 0.3 is 5.97 Å². The zero-order valence-electron chi connectivity index (χ0n) is 7.42. The lowest BCUT2D eigenvalue weighted by Crippen LogP contribution is -2.17. The molecule has 3 heteroatoms. The van der Waals surface area contributed by atoms with Gasteiger partial charge in [-0.25, -0.2) is 0 Å². The van der Waals surface area contributed by atoms with Gasteiger partial charge in [-0.3, -0.25) is 4.79 Å². The first-order valence-corrected chi connectivity index (χ1v) is 4.01. The Morgan fingerprint density at radius 1 is 1.45 bits per heavy atom. The summed E-state index contributed by atoms with van der Waals surface area (Å²) in [4.78, 5) is 10.7.